The van der Waals surface area contributed by atoms with E-state index >= 15 is 0 Å². The van der Waals surface area contributed by atoms with Crippen LogP contribution in [0.25, 0.3) is 0 Å². The fraction of sp³-hybridized carbons (Fsp3) is 0.720. The Morgan fingerprint density at radius 2 is 2.00 bits per heavy atom. The molecule has 3 fully saturated rings. The summed E-state index contributed by atoms with van der Waals surface area (Å²) in [4.78, 5) is 13.1. The summed E-state index contributed by atoms with van der Waals surface area (Å²) in [5.74, 6) is 4.36. The van der Waals surface area contributed by atoms with Gasteiger partial charge in [0.05, 0.1) is 7.11 Å². The van der Waals surface area contributed by atoms with Gasteiger partial charge in [-0.15, -0.1) is 0 Å². The predicted molar refractivity (Wildman–Crippen MR) is 108 cm³/mol. The maximum Gasteiger partial charge on any atom is 0.136 e. The van der Waals surface area contributed by atoms with Crippen molar-refractivity contribution < 1.29 is 9.53 Å². The predicted octanol–water partition coefficient (Wildman–Crippen LogP) is 5.93. The van der Waals surface area contributed by atoms with Gasteiger partial charge in [-0.25, -0.2) is 0 Å². The molecule has 6 atom stereocenters. The van der Waals surface area contributed by atoms with Gasteiger partial charge in [0.2, 0.25) is 0 Å². The summed E-state index contributed by atoms with van der Waals surface area (Å²) in [6, 6.07) is 6.77. The maximum absolute atomic E-state index is 13.1. The van der Waals surface area contributed by atoms with E-state index < -0.39 is 0 Å². The highest BCUT2D eigenvalue weighted by Crippen LogP contribution is 2.72. The average molecular weight is 367 g/mol. The van der Waals surface area contributed by atoms with E-state index in [9.17, 15) is 4.79 Å². The number of ether oxygens (including phenoxy) is 1. The van der Waals surface area contributed by atoms with E-state index in [1.165, 1.54) is 56.9 Å². The van der Waals surface area contributed by atoms with Crippen molar-refractivity contribution in [3.63, 3.8) is 0 Å². The number of benzene rings is 1. The van der Waals surface area contributed by atoms with Gasteiger partial charge in [0, 0.05) is 5.41 Å². The van der Waals surface area contributed by atoms with Crippen LogP contribution in [-0.2, 0) is 11.2 Å². The van der Waals surface area contributed by atoms with Crippen LogP contribution < -0.4 is 4.74 Å². The quantitative estimate of drug-likeness (QED) is 0.649. The lowest BCUT2D eigenvalue weighted by Crippen LogP contribution is -2.52. The van der Waals surface area contributed by atoms with Gasteiger partial charge in [0.15, 0.2) is 0 Å². The molecule has 0 radical (unpaired) electrons. The normalized spacial score (nSPS) is 42.5. The van der Waals surface area contributed by atoms with Crippen molar-refractivity contribution >= 4 is 5.78 Å². The van der Waals surface area contributed by atoms with Gasteiger partial charge in [-0.3, -0.25) is 4.79 Å². The number of aryl methyl sites for hydroxylation is 1. The summed E-state index contributed by atoms with van der Waals surface area (Å²) in [6.45, 7) is 4.44. The van der Waals surface area contributed by atoms with Crippen LogP contribution in [0, 0.1) is 28.6 Å². The Kier molecular flexibility index (Phi) is 4.01. The Morgan fingerprint density at radius 1 is 1.15 bits per heavy atom. The summed E-state index contributed by atoms with van der Waals surface area (Å²) in [5.41, 5.74) is 3.31. The molecule has 4 aliphatic rings. The first-order valence-corrected chi connectivity index (χ1v) is 11.2. The van der Waals surface area contributed by atoms with Crippen molar-refractivity contribution in [2.45, 2.75) is 77.6 Å². The molecule has 0 saturated heterocycles. The molecule has 146 valence electrons. The minimum absolute atomic E-state index is 0.0128. The van der Waals surface area contributed by atoms with Gasteiger partial charge in [-0.05, 0) is 104 Å². The molecule has 2 nitrogen and oxygen atoms in total. The van der Waals surface area contributed by atoms with Crippen LogP contribution in [0.15, 0.2) is 18.2 Å². The molecule has 27 heavy (non-hydrogen) atoms. The van der Waals surface area contributed by atoms with E-state index in [0.29, 0.717) is 17.6 Å². The van der Waals surface area contributed by atoms with E-state index in [1.54, 1.807) is 12.7 Å². The number of Topliss-reactive ketones (excluding diaryl/α,β-unsaturated/α-hetero) is 1. The summed E-state index contributed by atoms with van der Waals surface area (Å²) in [6.07, 6.45) is 11.3. The second-order valence-electron chi connectivity index (χ2n) is 10.1. The maximum atomic E-state index is 13.1. The highest BCUT2D eigenvalue weighted by atomic mass is 16.5. The summed E-state index contributed by atoms with van der Waals surface area (Å²) >= 11 is 0. The van der Waals surface area contributed by atoms with Crippen molar-refractivity contribution in [1.82, 2.24) is 0 Å². The molecule has 0 bridgehead atoms. The third kappa shape index (κ3) is 2.22. The molecule has 5 rings (SSSR count). The second-order valence-corrected chi connectivity index (χ2v) is 10.1. The number of hydrogen-bond donors (Lipinski definition) is 0. The fourth-order valence-electron chi connectivity index (χ4n) is 8.48. The van der Waals surface area contributed by atoms with Gasteiger partial charge in [-0.2, -0.15) is 0 Å². The number of ketones is 1. The van der Waals surface area contributed by atoms with Crippen LogP contribution >= 0.6 is 0 Å². The second kappa shape index (κ2) is 6.09. The smallest absolute Gasteiger partial charge is 0.136 e. The van der Waals surface area contributed by atoms with Gasteiger partial charge in [0.25, 0.3) is 0 Å². The number of hydrogen-bond acceptors (Lipinski definition) is 2. The van der Waals surface area contributed by atoms with E-state index in [0.717, 1.165) is 24.0 Å². The average Bonchev–Trinajstić information content (AvgIpc) is 2.97. The Bertz CT molecular complexity index is 768. The van der Waals surface area contributed by atoms with Gasteiger partial charge >= 0.3 is 0 Å². The zero-order valence-electron chi connectivity index (χ0n) is 17.2. The minimum Gasteiger partial charge on any atom is -0.497 e. The molecule has 0 spiro atoms. The van der Waals surface area contributed by atoms with Gasteiger partial charge < -0.3 is 4.74 Å². The molecule has 2 heteroatoms. The lowest BCUT2D eigenvalue weighted by atomic mass is 9.47. The summed E-state index contributed by atoms with van der Waals surface area (Å²) < 4.78 is 5.47. The molecule has 0 unspecified atom stereocenters. The molecule has 0 heterocycles. The third-order valence-electron chi connectivity index (χ3n) is 9.58. The van der Waals surface area contributed by atoms with Crippen LogP contribution in [0.1, 0.15) is 82.3 Å². The molecule has 0 N–H and O–H groups in total. The molecule has 0 aromatic heterocycles. The molecular weight excluding hydrogens is 332 g/mol. The molecule has 4 aliphatic carbocycles. The van der Waals surface area contributed by atoms with E-state index in [1.807, 2.05) is 6.92 Å². The number of carbonyl (C=O) groups excluding carboxylic acids is 1. The first-order valence-electron chi connectivity index (χ1n) is 11.2. The lowest BCUT2D eigenvalue weighted by Gasteiger charge is -2.56. The number of rotatable bonds is 2. The Morgan fingerprint density at radius 3 is 2.78 bits per heavy atom. The minimum atomic E-state index is -0.0128. The molecule has 0 amide bonds. The molecule has 1 aromatic carbocycles. The van der Waals surface area contributed by atoms with Crippen molar-refractivity contribution in [3.8, 4) is 5.75 Å². The number of methoxy groups -OCH3 is 1. The van der Waals surface area contributed by atoms with Crippen molar-refractivity contribution in [2.75, 3.05) is 7.11 Å². The molecule has 1 aromatic rings. The summed E-state index contributed by atoms with van der Waals surface area (Å²) in [5, 5.41) is 0. The van der Waals surface area contributed by atoms with Crippen LogP contribution in [0.4, 0.5) is 0 Å². The number of fused-ring (bicyclic) bond motifs is 7. The van der Waals surface area contributed by atoms with Crippen molar-refractivity contribution in [3.05, 3.63) is 29.3 Å². The SMILES string of the molecule is COc1ccc2c(c1)CC[C@@H]1[C@@H]2CC[C@@]2(C)[C@H]1C[C@H]1CCCC[C@]12C(C)=O. The van der Waals surface area contributed by atoms with E-state index in [4.69, 9.17) is 4.74 Å². The van der Waals surface area contributed by atoms with Gasteiger partial charge in [-0.1, -0.05) is 25.8 Å². The zero-order valence-corrected chi connectivity index (χ0v) is 17.2. The topological polar surface area (TPSA) is 26.3 Å². The monoisotopic (exact) mass is 366 g/mol. The Labute approximate surface area is 164 Å². The standard InChI is InChI=1S/C25H34O2/c1-16(26)25-12-5-4-6-18(25)15-23-22-9-7-17-14-19(27-3)8-10-20(17)21(22)11-13-24(23,25)2/h8,10,14,18,21-23H,4-7,9,11-13,15H2,1-3H3/t18-,21-,22-,23+,24+,25+/m1/s1. The highest BCUT2D eigenvalue weighted by Gasteiger charge is 2.67. The zero-order chi connectivity index (χ0) is 18.8. The molecule has 0 aliphatic heterocycles. The molecule has 3 saturated carbocycles. The van der Waals surface area contributed by atoms with Crippen LogP contribution in [0.3, 0.4) is 0 Å². The number of carbonyl (C=O) groups is 1. The van der Waals surface area contributed by atoms with E-state index in [-0.39, 0.29) is 10.8 Å². The molecular formula is C25H34O2. The lowest BCUT2D eigenvalue weighted by molar-refractivity contribution is -0.144. The Hall–Kier alpha value is -1.31. The van der Waals surface area contributed by atoms with Crippen molar-refractivity contribution in [2.24, 2.45) is 28.6 Å². The first-order chi connectivity index (χ1) is 13.0. The fourth-order valence-corrected chi connectivity index (χ4v) is 8.48. The largest absolute Gasteiger partial charge is 0.497 e. The first kappa shape index (κ1) is 17.8. The van der Waals surface area contributed by atoms with Crippen LogP contribution in [0.5, 0.6) is 5.75 Å². The third-order valence-corrected chi connectivity index (χ3v) is 9.58. The highest BCUT2D eigenvalue weighted by molar-refractivity contribution is 5.84. The summed E-state index contributed by atoms with van der Waals surface area (Å²) in [7, 11) is 1.76. The van der Waals surface area contributed by atoms with Crippen molar-refractivity contribution in [1.29, 1.82) is 0 Å². The van der Waals surface area contributed by atoms with E-state index in [2.05, 4.69) is 25.1 Å². The van der Waals surface area contributed by atoms with Crippen LogP contribution in [0.2, 0.25) is 0 Å². The Balaban J connectivity index is 1.54. The van der Waals surface area contributed by atoms with Crippen LogP contribution in [-0.4, -0.2) is 12.9 Å². The van der Waals surface area contributed by atoms with Gasteiger partial charge in [0.1, 0.15) is 11.5 Å².